The van der Waals surface area contributed by atoms with Crippen molar-refractivity contribution in [2.24, 2.45) is 5.92 Å². The number of amides is 1. The molecule has 0 saturated heterocycles. The quantitative estimate of drug-likeness (QED) is 0.177. The normalized spacial score (nSPS) is 11.2. The monoisotopic (exact) mass is 442 g/mol. The molecule has 1 amide bonds. The zero-order valence-corrected chi connectivity index (χ0v) is 20.4. The third-order valence-corrected chi connectivity index (χ3v) is 5.44. The molecule has 0 aliphatic heterocycles. The third-order valence-electron chi connectivity index (χ3n) is 5.44. The summed E-state index contributed by atoms with van der Waals surface area (Å²) in [4.78, 5) is 22.1. The second-order valence-electron chi connectivity index (χ2n) is 9.03. The van der Waals surface area contributed by atoms with Gasteiger partial charge in [-0.3, -0.25) is 9.59 Å². The van der Waals surface area contributed by atoms with E-state index >= 15 is 0 Å². The SMILES string of the molecule is CC(C)CCCCCCCCCCCCCCC(=O)NCCNCCOCCC(=O)O. The second-order valence-corrected chi connectivity index (χ2v) is 9.03. The van der Waals surface area contributed by atoms with E-state index in [0.717, 1.165) is 18.8 Å². The van der Waals surface area contributed by atoms with Crippen molar-refractivity contribution < 1.29 is 19.4 Å². The van der Waals surface area contributed by atoms with Crippen molar-refractivity contribution in [3.63, 3.8) is 0 Å². The number of carboxylic acid groups (broad SMARTS) is 1. The topological polar surface area (TPSA) is 87.7 Å². The van der Waals surface area contributed by atoms with E-state index in [4.69, 9.17) is 9.84 Å². The summed E-state index contributed by atoms with van der Waals surface area (Å²) >= 11 is 0. The number of carbonyl (C=O) groups excluding carboxylic acids is 1. The largest absolute Gasteiger partial charge is 0.481 e. The second kappa shape index (κ2) is 23.5. The third kappa shape index (κ3) is 26.8. The molecule has 3 N–H and O–H groups in total. The minimum absolute atomic E-state index is 0.0365. The summed E-state index contributed by atoms with van der Waals surface area (Å²) in [6.07, 6.45) is 17.8. The molecule has 184 valence electrons. The van der Waals surface area contributed by atoms with E-state index in [-0.39, 0.29) is 18.9 Å². The molecule has 31 heavy (non-hydrogen) atoms. The Morgan fingerprint density at radius 2 is 1.26 bits per heavy atom. The van der Waals surface area contributed by atoms with Crippen LogP contribution in [-0.4, -0.2) is 49.8 Å². The van der Waals surface area contributed by atoms with Crippen molar-refractivity contribution >= 4 is 11.9 Å². The molecule has 0 aliphatic carbocycles. The fourth-order valence-electron chi connectivity index (χ4n) is 3.52. The Bertz CT molecular complexity index is 416. The maximum atomic E-state index is 11.8. The highest BCUT2D eigenvalue weighted by molar-refractivity contribution is 5.75. The van der Waals surface area contributed by atoms with Crippen molar-refractivity contribution in [2.45, 2.75) is 110 Å². The van der Waals surface area contributed by atoms with Gasteiger partial charge in [0, 0.05) is 26.1 Å². The zero-order valence-electron chi connectivity index (χ0n) is 20.4. The van der Waals surface area contributed by atoms with Gasteiger partial charge in [-0.15, -0.1) is 0 Å². The fourth-order valence-corrected chi connectivity index (χ4v) is 3.52. The highest BCUT2D eigenvalue weighted by Gasteiger charge is 2.01. The molecule has 0 aromatic heterocycles. The summed E-state index contributed by atoms with van der Waals surface area (Å²) in [5, 5.41) is 14.6. The lowest BCUT2D eigenvalue weighted by Gasteiger charge is -2.07. The molecule has 0 aromatic carbocycles. The van der Waals surface area contributed by atoms with Gasteiger partial charge in [0.2, 0.25) is 5.91 Å². The molecule has 0 fully saturated rings. The van der Waals surface area contributed by atoms with Crippen LogP contribution < -0.4 is 10.6 Å². The van der Waals surface area contributed by atoms with E-state index < -0.39 is 5.97 Å². The number of hydrogen-bond acceptors (Lipinski definition) is 4. The smallest absolute Gasteiger partial charge is 0.305 e. The first kappa shape index (κ1) is 29.9. The number of ether oxygens (including phenoxy) is 1. The number of nitrogens with one attached hydrogen (secondary N) is 2. The van der Waals surface area contributed by atoms with Gasteiger partial charge in [-0.2, -0.15) is 0 Å². The van der Waals surface area contributed by atoms with Gasteiger partial charge in [-0.1, -0.05) is 90.9 Å². The van der Waals surface area contributed by atoms with Crippen molar-refractivity contribution in [3.05, 3.63) is 0 Å². The number of rotatable bonds is 24. The lowest BCUT2D eigenvalue weighted by Crippen LogP contribution is -2.33. The number of hydrogen-bond donors (Lipinski definition) is 3. The van der Waals surface area contributed by atoms with Crippen LogP contribution in [0.5, 0.6) is 0 Å². The van der Waals surface area contributed by atoms with E-state index in [1.807, 2.05) is 0 Å². The molecule has 6 heteroatoms. The first-order chi connectivity index (χ1) is 15.0. The van der Waals surface area contributed by atoms with Crippen molar-refractivity contribution in [1.29, 1.82) is 0 Å². The minimum atomic E-state index is -0.843. The van der Waals surface area contributed by atoms with Gasteiger partial charge < -0.3 is 20.5 Å². The zero-order chi connectivity index (χ0) is 23.0. The minimum Gasteiger partial charge on any atom is -0.481 e. The van der Waals surface area contributed by atoms with Crippen LogP contribution in [0.4, 0.5) is 0 Å². The molecular formula is C25H50N2O4. The summed E-state index contributed by atoms with van der Waals surface area (Å²) in [6, 6.07) is 0. The van der Waals surface area contributed by atoms with E-state index in [1.165, 1.54) is 70.6 Å². The van der Waals surface area contributed by atoms with Crippen LogP contribution in [0.1, 0.15) is 110 Å². The van der Waals surface area contributed by atoms with Crippen LogP contribution in [0.2, 0.25) is 0 Å². The molecule has 6 nitrogen and oxygen atoms in total. The van der Waals surface area contributed by atoms with Gasteiger partial charge in [-0.05, 0) is 12.3 Å². The predicted octanol–water partition coefficient (Wildman–Crippen LogP) is 5.30. The Labute approximate surface area is 191 Å². The van der Waals surface area contributed by atoms with Crippen LogP contribution >= 0.6 is 0 Å². The summed E-state index contributed by atoms with van der Waals surface area (Å²) in [6.45, 7) is 7.32. The van der Waals surface area contributed by atoms with Gasteiger partial charge in [0.05, 0.1) is 19.6 Å². The Hall–Kier alpha value is -1.14. The Morgan fingerprint density at radius 3 is 1.81 bits per heavy atom. The van der Waals surface area contributed by atoms with Gasteiger partial charge in [-0.25, -0.2) is 0 Å². The van der Waals surface area contributed by atoms with E-state index in [2.05, 4.69) is 24.5 Å². The molecular weight excluding hydrogens is 392 g/mol. The molecule has 0 aliphatic rings. The van der Waals surface area contributed by atoms with E-state index in [0.29, 0.717) is 32.7 Å². The average Bonchev–Trinajstić information content (AvgIpc) is 2.72. The molecule has 0 saturated carbocycles. The van der Waals surface area contributed by atoms with Crippen LogP contribution in [0.25, 0.3) is 0 Å². The Kier molecular flexibility index (Phi) is 22.7. The molecule has 0 radical (unpaired) electrons. The van der Waals surface area contributed by atoms with E-state index in [9.17, 15) is 9.59 Å². The highest BCUT2D eigenvalue weighted by Crippen LogP contribution is 2.14. The fraction of sp³-hybridized carbons (Fsp3) is 0.920. The molecule has 0 bridgehead atoms. The van der Waals surface area contributed by atoms with Crippen molar-refractivity contribution in [1.82, 2.24) is 10.6 Å². The number of unbranched alkanes of at least 4 members (excludes halogenated alkanes) is 11. The lowest BCUT2D eigenvalue weighted by molar-refractivity contribution is -0.138. The summed E-state index contributed by atoms with van der Waals surface area (Å²) in [5.41, 5.74) is 0. The first-order valence-electron chi connectivity index (χ1n) is 12.8. The lowest BCUT2D eigenvalue weighted by atomic mass is 10.0. The summed E-state index contributed by atoms with van der Waals surface area (Å²) < 4.78 is 5.18. The highest BCUT2D eigenvalue weighted by atomic mass is 16.5. The maximum Gasteiger partial charge on any atom is 0.305 e. The predicted molar refractivity (Wildman–Crippen MR) is 128 cm³/mol. The standard InChI is InChI=1S/C25H50N2O4/c1-23(2)15-13-11-9-7-5-3-4-6-8-10-12-14-16-24(28)27-19-18-26-20-22-31-21-17-25(29)30/h23,26H,3-22H2,1-2H3,(H,27,28)(H,29,30). The van der Waals surface area contributed by atoms with Gasteiger partial charge >= 0.3 is 5.97 Å². The van der Waals surface area contributed by atoms with Gasteiger partial charge in [0.15, 0.2) is 0 Å². The Morgan fingerprint density at radius 1 is 0.710 bits per heavy atom. The molecule has 0 rings (SSSR count). The van der Waals surface area contributed by atoms with Crippen molar-refractivity contribution in [2.75, 3.05) is 32.8 Å². The van der Waals surface area contributed by atoms with E-state index in [1.54, 1.807) is 0 Å². The Balaban J connectivity index is 3.17. The number of carbonyl (C=O) groups is 2. The number of aliphatic carboxylic acids is 1. The molecule has 0 atom stereocenters. The van der Waals surface area contributed by atoms with Crippen LogP contribution in [0.3, 0.4) is 0 Å². The van der Waals surface area contributed by atoms with Crippen LogP contribution in [-0.2, 0) is 14.3 Å². The average molecular weight is 443 g/mol. The maximum absolute atomic E-state index is 11.8. The molecule has 0 unspecified atom stereocenters. The molecule has 0 aromatic rings. The number of carboxylic acids is 1. The first-order valence-corrected chi connectivity index (χ1v) is 12.8. The van der Waals surface area contributed by atoms with Crippen LogP contribution in [0, 0.1) is 5.92 Å². The van der Waals surface area contributed by atoms with Crippen LogP contribution in [0.15, 0.2) is 0 Å². The molecule has 0 spiro atoms. The van der Waals surface area contributed by atoms with Gasteiger partial charge in [0.1, 0.15) is 0 Å². The molecule has 0 heterocycles. The van der Waals surface area contributed by atoms with Gasteiger partial charge in [0.25, 0.3) is 0 Å². The summed E-state index contributed by atoms with van der Waals surface area (Å²) in [5.74, 6) is 0.143. The van der Waals surface area contributed by atoms with Crippen molar-refractivity contribution in [3.8, 4) is 0 Å². The summed E-state index contributed by atoms with van der Waals surface area (Å²) in [7, 11) is 0.